The smallest absolute Gasteiger partial charge is 0.255 e. The highest BCUT2D eigenvalue weighted by Crippen LogP contribution is 2.16. The quantitative estimate of drug-likeness (QED) is 0.833. The molecule has 3 nitrogen and oxygen atoms in total. The molecule has 0 aliphatic heterocycles. The summed E-state index contributed by atoms with van der Waals surface area (Å²) < 4.78 is 13.9. The van der Waals surface area contributed by atoms with Crippen LogP contribution >= 0.6 is 0 Å². The second-order valence-corrected chi connectivity index (χ2v) is 4.47. The van der Waals surface area contributed by atoms with Crippen molar-refractivity contribution in [2.45, 2.75) is 6.92 Å². The van der Waals surface area contributed by atoms with Crippen LogP contribution in [0.2, 0.25) is 0 Å². The molecule has 0 unspecified atom stereocenters. The molecule has 4 heteroatoms. The standard InChI is InChI=1S/C17H14FNO2/c1-12-4-7-14(8-5-12)17(21)19-16-9-6-13(3-2-10-20)11-15(16)18/h4-9,11,20H,10H2,1H3,(H,19,21). The Labute approximate surface area is 122 Å². The van der Waals surface area contributed by atoms with E-state index in [1.807, 2.05) is 19.1 Å². The lowest BCUT2D eigenvalue weighted by molar-refractivity contribution is 0.102. The minimum atomic E-state index is -0.569. The van der Waals surface area contributed by atoms with Crippen LogP contribution in [0.4, 0.5) is 10.1 Å². The molecule has 0 aromatic heterocycles. The van der Waals surface area contributed by atoms with E-state index in [0.717, 1.165) is 5.56 Å². The van der Waals surface area contributed by atoms with Gasteiger partial charge in [-0.25, -0.2) is 4.39 Å². The molecular formula is C17H14FNO2. The summed E-state index contributed by atoms with van der Waals surface area (Å²) in [6.45, 7) is 1.64. The summed E-state index contributed by atoms with van der Waals surface area (Å²) in [5.74, 6) is 4.09. The molecular weight excluding hydrogens is 269 g/mol. The van der Waals surface area contributed by atoms with Gasteiger partial charge < -0.3 is 10.4 Å². The molecule has 0 atom stereocenters. The first-order valence-corrected chi connectivity index (χ1v) is 6.37. The minimum absolute atomic E-state index is 0.0927. The van der Waals surface area contributed by atoms with Crippen molar-refractivity contribution in [3.8, 4) is 11.8 Å². The Morgan fingerprint density at radius 1 is 1.24 bits per heavy atom. The predicted octanol–water partition coefficient (Wildman–Crippen LogP) is 2.73. The maximum absolute atomic E-state index is 13.9. The van der Waals surface area contributed by atoms with Crippen LogP contribution in [0.15, 0.2) is 42.5 Å². The second-order valence-electron chi connectivity index (χ2n) is 4.47. The summed E-state index contributed by atoms with van der Waals surface area (Å²) in [6.07, 6.45) is 0. The number of anilines is 1. The number of carbonyl (C=O) groups excluding carboxylic acids is 1. The molecule has 2 rings (SSSR count). The first-order valence-electron chi connectivity index (χ1n) is 6.37. The number of aliphatic hydroxyl groups excluding tert-OH is 1. The number of rotatable bonds is 2. The van der Waals surface area contributed by atoms with E-state index in [0.29, 0.717) is 11.1 Å². The Hall–Kier alpha value is -2.64. The van der Waals surface area contributed by atoms with Crippen molar-refractivity contribution in [3.05, 3.63) is 65.0 Å². The molecule has 21 heavy (non-hydrogen) atoms. The van der Waals surface area contributed by atoms with Gasteiger partial charge in [0.1, 0.15) is 12.4 Å². The molecule has 0 spiro atoms. The summed E-state index contributed by atoms with van der Waals surface area (Å²) in [6, 6.07) is 11.2. The highest BCUT2D eigenvalue weighted by molar-refractivity contribution is 6.04. The maximum atomic E-state index is 13.9. The van der Waals surface area contributed by atoms with E-state index in [1.165, 1.54) is 12.1 Å². The fraction of sp³-hybridized carbons (Fsp3) is 0.118. The van der Waals surface area contributed by atoms with Crippen LogP contribution in [-0.2, 0) is 0 Å². The van der Waals surface area contributed by atoms with Gasteiger partial charge in [0.05, 0.1) is 5.69 Å². The van der Waals surface area contributed by atoms with Crippen molar-refractivity contribution < 1.29 is 14.3 Å². The summed E-state index contributed by atoms with van der Waals surface area (Å²) >= 11 is 0. The van der Waals surface area contributed by atoms with Gasteiger partial charge in [-0.15, -0.1) is 0 Å². The van der Waals surface area contributed by atoms with Crippen molar-refractivity contribution in [3.63, 3.8) is 0 Å². The maximum Gasteiger partial charge on any atom is 0.255 e. The molecule has 0 fully saturated rings. The number of benzene rings is 2. The molecule has 0 saturated heterocycles. The van der Waals surface area contributed by atoms with E-state index in [-0.39, 0.29) is 18.2 Å². The third kappa shape index (κ3) is 3.91. The van der Waals surface area contributed by atoms with Gasteiger partial charge in [0, 0.05) is 11.1 Å². The van der Waals surface area contributed by atoms with Crippen molar-refractivity contribution in [2.75, 3.05) is 11.9 Å². The largest absolute Gasteiger partial charge is 0.384 e. The third-order valence-corrected chi connectivity index (χ3v) is 2.84. The minimum Gasteiger partial charge on any atom is -0.384 e. The van der Waals surface area contributed by atoms with Crippen molar-refractivity contribution in [1.29, 1.82) is 0 Å². The third-order valence-electron chi connectivity index (χ3n) is 2.84. The van der Waals surface area contributed by atoms with Crippen molar-refractivity contribution in [1.82, 2.24) is 0 Å². The normalized spacial score (nSPS) is 9.67. The van der Waals surface area contributed by atoms with Gasteiger partial charge in [-0.05, 0) is 37.3 Å². The average Bonchev–Trinajstić information content (AvgIpc) is 2.48. The molecule has 106 valence electrons. The Bertz CT molecular complexity index is 712. The summed E-state index contributed by atoms with van der Waals surface area (Å²) in [7, 11) is 0. The topological polar surface area (TPSA) is 49.3 Å². The van der Waals surface area contributed by atoms with Crippen molar-refractivity contribution >= 4 is 11.6 Å². The number of amides is 1. The van der Waals surface area contributed by atoms with Crippen LogP contribution < -0.4 is 5.32 Å². The van der Waals surface area contributed by atoms with Gasteiger partial charge in [-0.3, -0.25) is 4.79 Å². The molecule has 2 aromatic carbocycles. The Kier molecular flexibility index (Phi) is 4.70. The highest BCUT2D eigenvalue weighted by Gasteiger charge is 2.09. The predicted molar refractivity (Wildman–Crippen MR) is 79.5 cm³/mol. The van der Waals surface area contributed by atoms with E-state index in [1.54, 1.807) is 18.2 Å². The first-order chi connectivity index (χ1) is 10.1. The summed E-state index contributed by atoms with van der Waals surface area (Å²) in [5, 5.41) is 11.1. The number of halogens is 1. The molecule has 1 amide bonds. The molecule has 0 bridgehead atoms. The highest BCUT2D eigenvalue weighted by atomic mass is 19.1. The fourth-order valence-electron chi connectivity index (χ4n) is 1.74. The van der Waals surface area contributed by atoms with Crippen LogP contribution in [-0.4, -0.2) is 17.6 Å². The van der Waals surface area contributed by atoms with E-state index >= 15 is 0 Å². The monoisotopic (exact) mass is 283 g/mol. The van der Waals surface area contributed by atoms with Crippen LogP contribution in [0.1, 0.15) is 21.5 Å². The Morgan fingerprint density at radius 3 is 2.57 bits per heavy atom. The zero-order valence-electron chi connectivity index (χ0n) is 11.5. The van der Waals surface area contributed by atoms with Gasteiger partial charge in [-0.1, -0.05) is 29.5 Å². The lowest BCUT2D eigenvalue weighted by Crippen LogP contribution is -2.13. The fourth-order valence-corrected chi connectivity index (χ4v) is 1.74. The Balaban J connectivity index is 2.16. The average molecular weight is 283 g/mol. The first kappa shape index (κ1) is 14.8. The number of hydrogen-bond acceptors (Lipinski definition) is 2. The van der Waals surface area contributed by atoms with Crippen LogP contribution in [0.5, 0.6) is 0 Å². The van der Waals surface area contributed by atoms with Crippen LogP contribution in [0.3, 0.4) is 0 Å². The van der Waals surface area contributed by atoms with E-state index in [4.69, 9.17) is 5.11 Å². The Morgan fingerprint density at radius 2 is 1.95 bits per heavy atom. The molecule has 0 radical (unpaired) electrons. The number of nitrogens with one attached hydrogen (secondary N) is 1. The number of aliphatic hydroxyl groups is 1. The number of hydrogen-bond donors (Lipinski definition) is 2. The summed E-state index contributed by atoms with van der Waals surface area (Å²) in [4.78, 5) is 12.0. The molecule has 0 aliphatic rings. The van der Waals surface area contributed by atoms with E-state index in [2.05, 4.69) is 17.2 Å². The van der Waals surface area contributed by atoms with Crippen LogP contribution in [0.25, 0.3) is 0 Å². The second kappa shape index (κ2) is 6.69. The lowest BCUT2D eigenvalue weighted by atomic mass is 10.1. The van der Waals surface area contributed by atoms with Gasteiger partial charge in [0.25, 0.3) is 5.91 Å². The van der Waals surface area contributed by atoms with Gasteiger partial charge >= 0.3 is 0 Å². The zero-order chi connectivity index (χ0) is 15.2. The van der Waals surface area contributed by atoms with E-state index < -0.39 is 5.82 Å². The van der Waals surface area contributed by atoms with Gasteiger partial charge in [0.15, 0.2) is 0 Å². The molecule has 2 aromatic rings. The van der Waals surface area contributed by atoms with Gasteiger partial charge in [-0.2, -0.15) is 0 Å². The summed E-state index contributed by atoms with van der Waals surface area (Å²) in [5.41, 5.74) is 2.04. The van der Waals surface area contributed by atoms with Gasteiger partial charge in [0.2, 0.25) is 0 Å². The van der Waals surface area contributed by atoms with Crippen LogP contribution in [0, 0.1) is 24.6 Å². The molecule has 0 aliphatic carbocycles. The van der Waals surface area contributed by atoms with E-state index in [9.17, 15) is 9.18 Å². The molecule has 0 heterocycles. The van der Waals surface area contributed by atoms with Crippen molar-refractivity contribution in [2.24, 2.45) is 0 Å². The number of aryl methyl sites for hydroxylation is 1. The lowest BCUT2D eigenvalue weighted by Gasteiger charge is -2.07. The number of carbonyl (C=O) groups is 1. The molecule has 2 N–H and O–H groups in total. The molecule has 0 saturated carbocycles. The SMILES string of the molecule is Cc1ccc(C(=O)Nc2ccc(C#CCO)cc2F)cc1. The zero-order valence-corrected chi connectivity index (χ0v) is 11.5.